The molecule has 0 spiro atoms. The Morgan fingerprint density at radius 2 is 2.11 bits per heavy atom. The lowest BCUT2D eigenvalue weighted by atomic mass is 9.91. The molecule has 2 aliphatic rings. The number of methoxy groups -OCH3 is 1. The number of carbonyl (C=O) groups is 1. The molecule has 0 radical (unpaired) electrons. The highest BCUT2D eigenvalue weighted by Gasteiger charge is 2.29. The number of nitrogens with zero attached hydrogens (tertiary/aromatic N) is 3. The molecule has 2 aromatic rings. The van der Waals surface area contributed by atoms with Crippen LogP contribution >= 0.6 is 0 Å². The Kier molecular flexibility index (Phi) is 5.19. The van der Waals surface area contributed by atoms with Gasteiger partial charge in [0.1, 0.15) is 11.6 Å². The average Bonchev–Trinajstić information content (AvgIpc) is 3.37. The molecule has 4 rings (SSSR count). The first kappa shape index (κ1) is 18.1. The number of hydrogen-bond donors (Lipinski definition) is 0. The molecule has 0 unspecified atom stereocenters. The smallest absolute Gasteiger partial charge is 0.223 e. The molecule has 5 nitrogen and oxygen atoms in total. The molecule has 2 atom stereocenters. The Morgan fingerprint density at radius 3 is 2.89 bits per heavy atom. The van der Waals surface area contributed by atoms with Gasteiger partial charge in [-0.15, -0.1) is 0 Å². The molecule has 1 fully saturated rings. The standard InChI is InChI=1S/C22H29N3O2/c1-16-7-5-10-21-23-15-20(25(16)21)19(14-22(26)24-11-3-4-12-24)17-8-6-9-18(13-17)27-2/h6,8-9,13,15-16,19H,3-5,7,10-12,14H2,1-2H3/t16-,19+/m1/s1. The number of likely N-dealkylation sites (tertiary alicyclic amines) is 1. The summed E-state index contributed by atoms with van der Waals surface area (Å²) in [4.78, 5) is 19.7. The van der Waals surface area contributed by atoms with Gasteiger partial charge in [0.25, 0.3) is 0 Å². The van der Waals surface area contributed by atoms with E-state index in [-0.39, 0.29) is 11.8 Å². The third kappa shape index (κ3) is 3.60. The third-order valence-corrected chi connectivity index (χ3v) is 6.06. The summed E-state index contributed by atoms with van der Waals surface area (Å²) in [6.07, 6.45) is 8.11. The van der Waals surface area contributed by atoms with Gasteiger partial charge in [-0.2, -0.15) is 0 Å². The van der Waals surface area contributed by atoms with E-state index < -0.39 is 0 Å². The number of amides is 1. The summed E-state index contributed by atoms with van der Waals surface area (Å²) < 4.78 is 7.82. The van der Waals surface area contributed by atoms with Gasteiger partial charge in [0.15, 0.2) is 0 Å². The Morgan fingerprint density at radius 1 is 1.30 bits per heavy atom. The van der Waals surface area contributed by atoms with Gasteiger partial charge in [0.05, 0.1) is 7.11 Å². The van der Waals surface area contributed by atoms with Gasteiger partial charge < -0.3 is 14.2 Å². The van der Waals surface area contributed by atoms with E-state index >= 15 is 0 Å². The molecule has 3 heterocycles. The monoisotopic (exact) mass is 367 g/mol. The summed E-state index contributed by atoms with van der Waals surface area (Å²) in [5.41, 5.74) is 2.29. The maximum Gasteiger partial charge on any atom is 0.223 e. The van der Waals surface area contributed by atoms with E-state index in [0.29, 0.717) is 12.5 Å². The van der Waals surface area contributed by atoms with Crippen molar-refractivity contribution in [3.63, 3.8) is 0 Å². The van der Waals surface area contributed by atoms with Crippen LogP contribution in [0.3, 0.4) is 0 Å². The van der Waals surface area contributed by atoms with Crippen molar-refractivity contribution < 1.29 is 9.53 Å². The Bertz CT molecular complexity index is 808. The van der Waals surface area contributed by atoms with Crippen LogP contribution in [0.25, 0.3) is 0 Å². The van der Waals surface area contributed by atoms with Crippen LogP contribution in [0.4, 0.5) is 0 Å². The van der Waals surface area contributed by atoms with Gasteiger partial charge in [0, 0.05) is 49.8 Å². The van der Waals surface area contributed by atoms with E-state index in [9.17, 15) is 4.79 Å². The highest BCUT2D eigenvalue weighted by Crippen LogP contribution is 2.36. The molecule has 0 saturated carbocycles. The van der Waals surface area contributed by atoms with E-state index in [0.717, 1.165) is 55.2 Å². The van der Waals surface area contributed by atoms with Gasteiger partial charge >= 0.3 is 0 Å². The molecule has 0 bridgehead atoms. The lowest BCUT2D eigenvalue weighted by molar-refractivity contribution is -0.130. The lowest BCUT2D eigenvalue weighted by Gasteiger charge is -2.28. The predicted molar refractivity (Wildman–Crippen MR) is 105 cm³/mol. The molecule has 1 amide bonds. The maximum absolute atomic E-state index is 13.0. The molecule has 27 heavy (non-hydrogen) atoms. The van der Waals surface area contributed by atoms with Crippen LogP contribution in [0.5, 0.6) is 5.75 Å². The predicted octanol–water partition coefficient (Wildman–Crippen LogP) is 3.93. The molecule has 1 aromatic heterocycles. The fraction of sp³-hybridized carbons (Fsp3) is 0.545. The van der Waals surface area contributed by atoms with Gasteiger partial charge in [-0.05, 0) is 50.3 Å². The molecule has 5 heteroatoms. The first-order valence-electron chi connectivity index (χ1n) is 10.1. The quantitative estimate of drug-likeness (QED) is 0.804. The molecule has 144 valence electrons. The van der Waals surface area contributed by atoms with Crippen molar-refractivity contribution in [1.82, 2.24) is 14.5 Å². The fourth-order valence-electron chi connectivity index (χ4n) is 4.57. The highest BCUT2D eigenvalue weighted by atomic mass is 16.5. The van der Waals surface area contributed by atoms with Gasteiger partial charge in [-0.1, -0.05) is 12.1 Å². The van der Waals surface area contributed by atoms with Crippen molar-refractivity contribution in [2.45, 2.75) is 57.4 Å². The number of carbonyl (C=O) groups excluding carboxylic acids is 1. The Balaban J connectivity index is 1.71. The summed E-state index contributed by atoms with van der Waals surface area (Å²) in [6.45, 7) is 4.05. The van der Waals surface area contributed by atoms with Crippen LogP contribution < -0.4 is 4.74 Å². The number of aryl methyl sites for hydroxylation is 1. The molecular weight excluding hydrogens is 338 g/mol. The highest BCUT2D eigenvalue weighted by molar-refractivity contribution is 5.78. The van der Waals surface area contributed by atoms with Crippen molar-refractivity contribution >= 4 is 5.91 Å². The van der Waals surface area contributed by atoms with Crippen LogP contribution in [-0.2, 0) is 11.2 Å². The summed E-state index contributed by atoms with van der Waals surface area (Å²) in [6, 6.07) is 8.57. The maximum atomic E-state index is 13.0. The summed E-state index contributed by atoms with van der Waals surface area (Å²) >= 11 is 0. The van der Waals surface area contributed by atoms with Crippen LogP contribution in [-0.4, -0.2) is 40.6 Å². The van der Waals surface area contributed by atoms with Crippen LogP contribution in [0.15, 0.2) is 30.5 Å². The number of fused-ring (bicyclic) bond motifs is 1. The number of benzene rings is 1. The molecule has 0 aliphatic carbocycles. The SMILES string of the molecule is COc1cccc([C@H](CC(=O)N2CCCC2)c2cnc3n2[C@H](C)CCC3)c1. The number of ether oxygens (including phenoxy) is 1. The van der Waals surface area contributed by atoms with Crippen LogP contribution in [0.2, 0.25) is 0 Å². The summed E-state index contributed by atoms with van der Waals surface area (Å²) in [5.74, 6) is 2.25. The number of aromatic nitrogens is 2. The minimum absolute atomic E-state index is 0.00926. The molecule has 1 saturated heterocycles. The largest absolute Gasteiger partial charge is 0.497 e. The van der Waals surface area contributed by atoms with Crippen molar-refractivity contribution in [2.75, 3.05) is 20.2 Å². The summed E-state index contributed by atoms with van der Waals surface area (Å²) in [7, 11) is 1.69. The van der Waals surface area contributed by atoms with Gasteiger partial charge in [0.2, 0.25) is 5.91 Å². The normalized spacial score (nSPS) is 20.4. The topological polar surface area (TPSA) is 47.4 Å². The number of imidazole rings is 1. The number of hydrogen-bond acceptors (Lipinski definition) is 3. The first-order valence-corrected chi connectivity index (χ1v) is 10.1. The van der Waals surface area contributed by atoms with Crippen LogP contribution in [0, 0.1) is 0 Å². The van der Waals surface area contributed by atoms with Crippen molar-refractivity contribution in [3.05, 3.63) is 47.5 Å². The molecule has 2 aliphatic heterocycles. The van der Waals surface area contributed by atoms with Crippen molar-refractivity contribution in [1.29, 1.82) is 0 Å². The van der Waals surface area contributed by atoms with E-state index in [2.05, 4.69) is 23.6 Å². The Hall–Kier alpha value is -2.30. The van der Waals surface area contributed by atoms with E-state index in [1.807, 2.05) is 23.2 Å². The second kappa shape index (κ2) is 7.75. The number of rotatable bonds is 5. The zero-order valence-electron chi connectivity index (χ0n) is 16.4. The Labute approximate surface area is 161 Å². The molecule has 1 aromatic carbocycles. The lowest BCUT2D eigenvalue weighted by Crippen LogP contribution is -2.30. The molecular formula is C22H29N3O2. The van der Waals surface area contributed by atoms with Crippen molar-refractivity contribution in [2.24, 2.45) is 0 Å². The van der Waals surface area contributed by atoms with Gasteiger partial charge in [-0.25, -0.2) is 4.98 Å². The first-order chi connectivity index (χ1) is 13.2. The van der Waals surface area contributed by atoms with E-state index in [1.165, 1.54) is 12.8 Å². The zero-order valence-corrected chi connectivity index (χ0v) is 16.4. The fourth-order valence-corrected chi connectivity index (χ4v) is 4.57. The van der Waals surface area contributed by atoms with Gasteiger partial charge in [-0.3, -0.25) is 4.79 Å². The van der Waals surface area contributed by atoms with E-state index in [4.69, 9.17) is 9.72 Å². The summed E-state index contributed by atoms with van der Waals surface area (Å²) in [5, 5.41) is 0. The third-order valence-electron chi connectivity index (χ3n) is 6.06. The molecule has 0 N–H and O–H groups in total. The zero-order chi connectivity index (χ0) is 18.8. The minimum atomic E-state index is 0.00926. The van der Waals surface area contributed by atoms with E-state index in [1.54, 1.807) is 7.11 Å². The average molecular weight is 367 g/mol. The van der Waals surface area contributed by atoms with Crippen molar-refractivity contribution in [3.8, 4) is 5.75 Å². The second-order valence-electron chi connectivity index (χ2n) is 7.83. The second-order valence-corrected chi connectivity index (χ2v) is 7.83. The van der Waals surface area contributed by atoms with Crippen LogP contribution in [0.1, 0.15) is 68.1 Å². The minimum Gasteiger partial charge on any atom is -0.497 e.